The molecule has 2 heterocycles. The van der Waals surface area contributed by atoms with Gasteiger partial charge in [-0.2, -0.15) is 0 Å². The van der Waals surface area contributed by atoms with Crippen molar-refractivity contribution in [2.75, 3.05) is 19.7 Å². The minimum atomic E-state index is -1.05. The summed E-state index contributed by atoms with van der Waals surface area (Å²) in [6.07, 6.45) is -0.957. The van der Waals surface area contributed by atoms with Crippen LogP contribution in [0.25, 0.3) is 10.9 Å². The lowest BCUT2D eigenvalue weighted by Gasteiger charge is -2.30. The van der Waals surface area contributed by atoms with Crippen molar-refractivity contribution in [2.24, 2.45) is 0 Å². The van der Waals surface area contributed by atoms with Crippen LogP contribution in [0.3, 0.4) is 0 Å². The molecule has 1 atom stereocenters. The number of fused-ring (bicyclic) bond motifs is 1. The fraction of sp³-hybridized carbons (Fsp3) is 0.286. The number of aromatic amines is 1. The molecule has 2 aromatic rings. The molecule has 1 fully saturated rings. The van der Waals surface area contributed by atoms with Crippen molar-refractivity contribution in [1.29, 1.82) is 0 Å². The maximum absolute atomic E-state index is 12.5. The Morgan fingerprint density at radius 1 is 1.38 bits per heavy atom. The van der Waals surface area contributed by atoms with Crippen molar-refractivity contribution in [3.63, 3.8) is 0 Å². The minimum absolute atomic E-state index is 0.0627. The van der Waals surface area contributed by atoms with Crippen LogP contribution in [0.15, 0.2) is 28.7 Å². The van der Waals surface area contributed by atoms with Crippen molar-refractivity contribution < 1.29 is 19.4 Å². The molecule has 1 aliphatic rings. The summed E-state index contributed by atoms with van der Waals surface area (Å²) in [5.74, 6) is -1.26. The second kappa shape index (κ2) is 5.50. The van der Waals surface area contributed by atoms with Gasteiger partial charge in [-0.05, 0) is 18.2 Å². The smallest absolute Gasteiger partial charge is 0.334 e. The number of benzene rings is 1. The van der Waals surface area contributed by atoms with Crippen LogP contribution in [0.4, 0.5) is 0 Å². The lowest BCUT2D eigenvalue weighted by molar-refractivity contribution is -0.154. The van der Waals surface area contributed by atoms with E-state index in [-0.39, 0.29) is 19.1 Å². The number of carboxylic acids is 1. The van der Waals surface area contributed by atoms with Crippen LogP contribution in [-0.4, -0.2) is 52.7 Å². The van der Waals surface area contributed by atoms with Gasteiger partial charge in [-0.15, -0.1) is 0 Å². The maximum atomic E-state index is 12.5. The molecule has 3 rings (SSSR count). The molecule has 1 aromatic heterocycles. The van der Waals surface area contributed by atoms with Gasteiger partial charge in [-0.25, -0.2) is 4.79 Å². The summed E-state index contributed by atoms with van der Waals surface area (Å²) in [5, 5.41) is 9.91. The van der Waals surface area contributed by atoms with Gasteiger partial charge in [0.2, 0.25) is 0 Å². The Balaban J connectivity index is 1.84. The van der Waals surface area contributed by atoms with Gasteiger partial charge in [0.05, 0.1) is 13.2 Å². The SMILES string of the molecule is O=C(O)[C@H]1CN(C(=O)c2cc3ccc(Br)cc3[nH]2)CCO1. The van der Waals surface area contributed by atoms with E-state index in [1.54, 1.807) is 6.07 Å². The molecule has 1 saturated heterocycles. The van der Waals surface area contributed by atoms with Crippen molar-refractivity contribution in [2.45, 2.75) is 6.10 Å². The number of amides is 1. The normalized spacial score (nSPS) is 18.9. The standard InChI is InChI=1S/C14H13BrN2O4/c15-9-2-1-8-5-11(16-10(8)6-9)13(18)17-3-4-21-12(7-17)14(19)20/h1-2,5-6,12,16H,3-4,7H2,(H,19,20)/t12-/m1/s1. The quantitative estimate of drug-likeness (QED) is 0.863. The van der Waals surface area contributed by atoms with Gasteiger partial charge in [0.25, 0.3) is 5.91 Å². The number of rotatable bonds is 2. The third-order valence-electron chi connectivity index (χ3n) is 3.44. The summed E-state index contributed by atoms with van der Waals surface area (Å²) in [6, 6.07) is 7.48. The lowest BCUT2D eigenvalue weighted by atomic mass is 10.2. The minimum Gasteiger partial charge on any atom is -0.479 e. The zero-order chi connectivity index (χ0) is 15.0. The van der Waals surface area contributed by atoms with Crippen molar-refractivity contribution in [3.8, 4) is 0 Å². The summed E-state index contributed by atoms with van der Waals surface area (Å²) < 4.78 is 6.04. The highest BCUT2D eigenvalue weighted by molar-refractivity contribution is 9.10. The average Bonchev–Trinajstić information content (AvgIpc) is 2.89. The first kappa shape index (κ1) is 14.1. The Kier molecular flexibility index (Phi) is 3.69. The molecule has 6 nitrogen and oxygen atoms in total. The number of halogens is 1. The number of carbonyl (C=O) groups excluding carboxylic acids is 1. The Bertz CT molecular complexity index is 712. The van der Waals surface area contributed by atoms with Crippen molar-refractivity contribution >= 4 is 38.7 Å². The van der Waals surface area contributed by atoms with E-state index in [1.165, 1.54) is 4.90 Å². The highest BCUT2D eigenvalue weighted by Gasteiger charge is 2.30. The van der Waals surface area contributed by atoms with Crippen LogP contribution in [-0.2, 0) is 9.53 Å². The largest absolute Gasteiger partial charge is 0.479 e. The number of H-pyrrole nitrogens is 1. The van der Waals surface area contributed by atoms with Crippen molar-refractivity contribution in [3.05, 3.63) is 34.4 Å². The zero-order valence-corrected chi connectivity index (χ0v) is 12.6. The number of aromatic nitrogens is 1. The molecule has 0 unspecified atom stereocenters. The summed E-state index contributed by atoms with van der Waals surface area (Å²) in [6.45, 7) is 0.684. The monoisotopic (exact) mass is 352 g/mol. The molecule has 0 aliphatic carbocycles. The average molecular weight is 353 g/mol. The number of carboxylic acid groups (broad SMARTS) is 1. The van der Waals surface area contributed by atoms with E-state index in [9.17, 15) is 9.59 Å². The zero-order valence-electron chi connectivity index (χ0n) is 11.0. The van der Waals surface area contributed by atoms with E-state index in [2.05, 4.69) is 20.9 Å². The van der Waals surface area contributed by atoms with E-state index in [0.29, 0.717) is 12.2 Å². The van der Waals surface area contributed by atoms with Crippen LogP contribution in [0.5, 0.6) is 0 Å². The molecular formula is C14H13BrN2O4. The summed E-state index contributed by atoms with van der Waals surface area (Å²) in [5.41, 5.74) is 1.31. The van der Waals surface area contributed by atoms with Crippen LogP contribution in [0.1, 0.15) is 10.5 Å². The third-order valence-corrected chi connectivity index (χ3v) is 3.94. The molecule has 1 aromatic carbocycles. The van der Waals surface area contributed by atoms with Crippen LogP contribution in [0, 0.1) is 0 Å². The van der Waals surface area contributed by atoms with Gasteiger partial charge in [-0.1, -0.05) is 22.0 Å². The molecule has 0 radical (unpaired) electrons. The molecule has 1 aliphatic heterocycles. The fourth-order valence-electron chi connectivity index (χ4n) is 2.37. The predicted octanol–water partition coefficient (Wildman–Crippen LogP) is 1.86. The van der Waals surface area contributed by atoms with Gasteiger partial charge in [0, 0.05) is 21.9 Å². The predicted molar refractivity (Wildman–Crippen MR) is 79.3 cm³/mol. The third kappa shape index (κ3) is 2.79. The summed E-state index contributed by atoms with van der Waals surface area (Å²) >= 11 is 3.38. The second-order valence-electron chi connectivity index (χ2n) is 4.86. The Morgan fingerprint density at radius 3 is 2.95 bits per heavy atom. The number of nitrogens with one attached hydrogen (secondary N) is 1. The van der Waals surface area contributed by atoms with Gasteiger partial charge < -0.3 is 19.7 Å². The Hall–Kier alpha value is -1.86. The first-order chi connectivity index (χ1) is 10.0. The molecule has 21 heavy (non-hydrogen) atoms. The Morgan fingerprint density at radius 2 is 2.19 bits per heavy atom. The highest BCUT2D eigenvalue weighted by atomic mass is 79.9. The van der Waals surface area contributed by atoms with Crippen LogP contribution in [0.2, 0.25) is 0 Å². The molecule has 7 heteroatoms. The number of morpholine rings is 1. The molecule has 2 N–H and O–H groups in total. The van der Waals surface area contributed by atoms with Crippen LogP contribution >= 0.6 is 15.9 Å². The fourth-order valence-corrected chi connectivity index (χ4v) is 2.73. The van der Waals surface area contributed by atoms with Gasteiger partial charge in [-0.3, -0.25) is 4.79 Å². The summed E-state index contributed by atoms with van der Waals surface area (Å²) in [7, 11) is 0. The molecule has 0 saturated carbocycles. The van der Waals surface area contributed by atoms with E-state index in [0.717, 1.165) is 15.4 Å². The number of aliphatic carboxylic acids is 1. The van der Waals surface area contributed by atoms with Crippen LogP contribution < -0.4 is 0 Å². The van der Waals surface area contributed by atoms with E-state index < -0.39 is 12.1 Å². The first-order valence-electron chi connectivity index (χ1n) is 6.46. The van der Waals surface area contributed by atoms with Gasteiger partial charge in [0.1, 0.15) is 5.69 Å². The highest BCUT2D eigenvalue weighted by Crippen LogP contribution is 2.21. The number of carbonyl (C=O) groups is 2. The van der Waals surface area contributed by atoms with Crippen molar-refractivity contribution in [1.82, 2.24) is 9.88 Å². The lowest BCUT2D eigenvalue weighted by Crippen LogP contribution is -2.48. The number of hydrogen-bond acceptors (Lipinski definition) is 3. The number of hydrogen-bond donors (Lipinski definition) is 2. The maximum Gasteiger partial charge on any atom is 0.334 e. The van der Waals surface area contributed by atoms with E-state index in [4.69, 9.17) is 9.84 Å². The molecule has 110 valence electrons. The first-order valence-corrected chi connectivity index (χ1v) is 7.26. The topological polar surface area (TPSA) is 82.6 Å². The molecule has 0 bridgehead atoms. The number of ether oxygens (including phenoxy) is 1. The second-order valence-corrected chi connectivity index (χ2v) is 5.78. The Labute approximate surface area is 128 Å². The van der Waals surface area contributed by atoms with Gasteiger partial charge >= 0.3 is 5.97 Å². The van der Waals surface area contributed by atoms with E-state index in [1.807, 2.05) is 18.2 Å². The molecular weight excluding hydrogens is 340 g/mol. The molecule has 0 spiro atoms. The summed E-state index contributed by atoms with van der Waals surface area (Å²) in [4.78, 5) is 28.0. The molecule has 1 amide bonds. The van der Waals surface area contributed by atoms with Gasteiger partial charge in [0.15, 0.2) is 6.10 Å². The van der Waals surface area contributed by atoms with E-state index >= 15 is 0 Å². The number of nitrogens with zero attached hydrogens (tertiary/aromatic N) is 1.